The fourth-order valence-electron chi connectivity index (χ4n) is 4.71. The van der Waals surface area contributed by atoms with Crippen LogP contribution in [0.3, 0.4) is 0 Å². The lowest BCUT2D eigenvalue weighted by Crippen LogP contribution is -2.51. The first-order valence-electron chi connectivity index (χ1n) is 11.7. The first-order chi connectivity index (χ1) is 15.8. The molecule has 0 bridgehead atoms. The Kier molecular flexibility index (Phi) is 9.82. The van der Waals surface area contributed by atoms with Crippen LogP contribution >= 0.6 is 24.0 Å². The summed E-state index contributed by atoms with van der Waals surface area (Å²) in [6.45, 7) is 6.29. The van der Waals surface area contributed by atoms with E-state index in [0.29, 0.717) is 5.92 Å². The maximum Gasteiger partial charge on any atom is 0.191 e. The second kappa shape index (κ2) is 12.8. The molecule has 0 saturated carbocycles. The van der Waals surface area contributed by atoms with Gasteiger partial charge >= 0.3 is 0 Å². The second-order valence-electron chi connectivity index (χ2n) is 8.53. The van der Waals surface area contributed by atoms with E-state index in [4.69, 9.17) is 9.73 Å². The van der Waals surface area contributed by atoms with Crippen LogP contribution in [0.4, 0.5) is 5.69 Å². The monoisotopic (exact) mass is 559 g/mol. The van der Waals surface area contributed by atoms with Gasteiger partial charge in [0.05, 0.1) is 17.4 Å². The van der Waals surface area contributed by atoms with Gasteiger partial charge in [0, 0.05) is 44.7 Å². The molecule has 7 heteroatoms. The van der Waals surface area contributed by atoms with E-state index in [2.05, 4.69) is 52.8 Å². The molecule has 2 N–H and O–H groups in total. The lowest BCUT2D eigenvalue weighted by atomic mass is 9.95. The van der Waals surface area contributed by atoms with E-state index in [1.807, 2.05) is 30.3 Å². The molecule has 33 heavy (non-hydrogen) atoms. The van der Waals surface area contributed by atoms with Crippen molar-refractivity contribution >= 4 is 35.6 Å². The van der Waals surface area contributed by atoms with Crippen molar-refractivity contribution < 1.29 is 4.74 Å². The molecule has 2 aliphatic rings. The molecule has 2 saturated heterocycles. The van der Waals surface area contributed by atoms with Crippen molar-refractivity contribution in [2.24, 2.45) is 10.9 Å². The molecule has 3 unspecified atom stereocenters. The van der Waals surface area contributed by atoms with Crippen LogP contribution in [0.5, 0.6) is 0 Å². The third-order valence-corrected chi connectivity index (χ3v) is 6.30. The minimum Gasteiger partial charge on any atom is -0.373 e. The van der Waals surface area contributed by atoms with Crippen LogP contribution in [-0.4, -0.2) is 44.8 Å². The number of para-hydroxylation sites is 1. The summed E-state index contributed by atoms with van der Waals surface area (Å²) < 4.78 is 6.04. The summed E-state index contributed by atoms with van der Waals surface area (Å²) in [5.74, 6) is 1.25. The van der Waals surface area contributed by atoms with Crippen LogP contribution < -0.4 is 15.5 Å². The highest BCUT2D eigenvalue weighted by molar-refractivity contribution is 14.0. The third kappa shape index (κ3) is 6.61. The molecule has 2 aromatic rings. The third-order valence-electron chi connectivity index (χ3n) is 6.30. The molecular weight excluding hydrogens is 525 g/mol. The summed E-state index contributed by atoms with van der Waals surface area (Å²) in [5.41, 5.74) is 3.00. The molecule has 176 valence electrons. The average Bonchev–Trinajstić information content (AvgIpc) is 3.32. The van der Waals surface area contributed by atoms with Gasteiger partial charge in [-0.05, 0) is 43.9 Å². The topological polar surface area (TPSA) is 72.7 Å². The van der Waals surface area contributed by atoms with Crippen molar-refractivity contribution in [1.82, 2.24) is 10.6 Å². The number of benzene rings is 2. The van der Waals surface area contributed by atoms with Crippen LogP contribution in [0.15, 0.2) is 59.6 Å². The Hall–Kier alpha value is -2.31. The number of rotatable bonds is 6. The molecule has 6 nitrogen and oxygen atoms in total. The summed E-state index contributed by atoms with van der Waals surface area (Å²) >= 11 is 0. The first kappa shape index (κ1) is 25.3. The largest absolute Gasteiger partial charge is 0.373 e. The van der Waals surface area contributed by atoms with Gasteiger partial charge in [-0.2, -0.15) is 5.26 Å². The van der Waals surface area contributed by atoms with E-state index in [1.165, 1.54) is 5.56 Å². The molecular formula is C26H34IN5O. The number of nitriles is 1. The quantitative estimate of drug-likeness (QED) is 0.311. The number of hydrogen-bond donors (Lipinski definition) is 2. The predicted molar refractivity (Wildman–Crippen MR) is 144 cm³/mol. The molecule has 2 aliphatic heterocycles. The van der Waals surface area contributed by atoms with Gasteiger partial charge in [-0.25, -0.2) is 0 Å². The maximum atomic E-state index is 9.48. The van der Waals surface area contributed by atoms with Crippen LogP contribution in [-0.2, 0) is 4.74 Å². The van der Waals surface area contributed by atoms with Gasteiger partial charge < -0.3 is 20.3 Å². The van der Waals surface area contributed by atoms with Crippen molar-refractivity contribution in [1.29, 1.82) is 5.26 Å². The van der Waals surface area contributed by atoms with E-state index in [1.54, 1.807) is 0 Å². The summed E-state index contributed by atoms with van der Waals surface area (Å²) in [6.07, 6.45) is 3.33. The second-order valence-corrected chi connectivity index (χ2v) is 8.53. The zero-order valence-corrected chi connectivity index (χ0v) is 21.6. The van der Waals surface area contributed by atoms with E-state index >= 15 is 0 Å². The molecule has 2 fully saturated rings. The Labute approximate surface area is 214 Å². The van der Waals surface area contributed by atoms with Crippen molar-refractivity contribution in [2.75, 3.05) is 37.7 Å². The van der Waals surface area contributed by atoms with Crippen LogP contribution in [0, 0.1) is 17.2 Å². The minimum atomic E-state index is 0. The van der Waals surface area contributed by atoms with Crippen molar-refractivity contribution in [3.8, 4) is 6.07 Å². The van der Waals surface area contributed by atoms with E-state index in [0.717, 1.165) is 69.3 Å². The highest BCUT2D eigenvalue weighted by Gasteiger charge is 2.29. The number of nitrogens with one attached hydrogen (secondary N) is 2. The number of ether oxygens (including phenoxy) is 1. The summed E-state index contributed by atoms with van der Waals surface area (Å²) in [4.78, 5) is 7.26. The Balaban J connectivity index is 0.00000306. The number of anilines is 1. The smallest absolute Gasteiger partial charge is 0.191 e. The zero-order valence-electron chi connectivity index (χ0n) is 19.2. The summed E-state index contributed by atoms with van der Waals surface area (Å²) in [6, 6.07) is 21.0. The fourth-order valence-corrected chi connectivity index (χ4v) is 4.71. The van der Waals surface area contributed by atoms with Crippen molar-refractivity contribution in [3.05, 3.63) is 65.7 Å². The highest BCUT2D eigenvalue weighted by atomic mass is 127. The van der Waals surface area contributed by atoms with E-state index < -0.39 is 0 Å². The van der Waals surface area contributed by atoms with Gasteiger partial charge in [-0.3, -0.25) is 4.99 Å². The van der Waals surface area contributed by atoms with E-state index in [-0.39, 0.29) is 36.1 Å². The number of guanidine groups is 1. The number of halogens is 1. The summed E-state index contributed by atoms with van der Waals surface area (Å²) in [5, 5.41) is 16.5. The van der Waals surface area contributed by atoms with Crippen molar-refractivity contribution in [2.45, 2.75) is 38.3 Å². The van der Waals surface area contributed by atoms with Gasteiger partial charge in [-0.1, -0.05) is 42.5 Å². The first-order valence-corrected chi connectivity index (χ1v) is 11.7. The number of aliphatic imine (C=N–C) groups is 1. The summed E-state index contributed by atoms with van der Waals surface area (Å²) in [7, 11) is 0. The van der Waals surface area contributed by atoms with Crippen LogP contribution in [0.25, 0.3) is 0 Å². The molecule has 0 radical (unpaired) electrons. The van der Waals surface area contributed by atoms with Gasteiger partial charge in [0.1, 0.15) is 6.07 Å². The molecule has 2 aromatic carbocycles. The normalized spacial score (nSPS) is 22.8. The lowest BCUT2D eigenvalue weighted by molar-refractivity contribution is 0.0925. The average molecular weight is 559 g/mol. The highest BCUT2D eigenvalue weighted by Crippen LogP contribution is 2.34. The maximum absolute atomic E-state index is 9.48. The molecule has 3 atom stereocenters. The number of hydrogen-bond acceptors (Lipinski definition) is 4. The number of nitrogens with zero attached hydrogens (tertiary/aromatic N) is 3. The molecule has 0 amide bonds. The van der Waals surface area contributed by atoms with Crippen LogP contribution in [0.1, 0.15) is 43.4 Å². The van der Waals surface area contributed by atoms with Gasteiger partial charge in [0.25, 0.3) is 0 Å². The molecule has 0 spiro atoms. The lowest BCUT2D eigenvalue weighted by Gasteiger charge is -2.35. The molecule has 0 aromatic heterocycles. The molecule has 0 aliphatic carbocycles. The Morgan fingerprint density at radius 3 is 2.73 bits per heavy atom. The Bertz CT molecular complexity index is 945. The van der Waals surface area contributed by atoms with Crippen LogP contribution in [0.2, 0.25) is 0 Å². The number of piperidine rings is 1. The standard InChI is InChI=1S/C26H33N5O.HI/c1-2-28-26(29-18-22-14-16-32-25(22)20-9-4-3-5-10-20)30-23-12-8-15-31(19-23)24-13-7-6-11-21(24)17-27;/h3-7,9-11,13,22-23,25H,2,8,12,14-16,18-19H2,1H3,(H2,28,29,30);1H. The van der Waals surface area contributed by atoms with Gasteiger partial charge in [0.2, 0.25) is 0 Å². The SMILES string of the molecule is CCNC(=NCC1CCOC1c1ccccc1)NC1CCCN(c2ccccc2C#N)C1.I. The fraction of sp³-hybridized carbons (Fsp3) is 0.462. The Morgan fingerprint density at radius 2 is 1.94 bits per heavy atom. The minimum absolute atomic E-state index is 0. The predicted octanol–water partition coefficient (Wildman–Crippen LogP) is 4.48. The molecule has 2 heterocycles. The van der Waals surface area contributed by atoms with E-state index in [9.17, 15) is 5.26 Å². The van der Waals surface area contributed by atoms with Crippen molar-refractivity contribution in [3.63, 3.8) is 0 Å². The Morgan fingerprint density at radius 1 is 1.15 bits per heavy atom. The van der Waals surface area contributed by atoms with Gasteiger partial charge in [-0.15, -0.1) is 24.0 Å². The molecule has 4 rings (SSSR count). The zero-order chi connectivity index (χ0) is 22.2. The van der Waals surface area contributed by atoms with Gasteiger partial charge in [0.15, 0.2) is 5.96 Å².